The molecule has 6 rings (SSSR count). The van der Waals surface area contributed by atoms with Gasteiger partial charge in [0, 0.05) is 36.6 Å². The summed E-state index contributed by atoms with van der Waals surface area (Å²) in [6.45, 7) is 14.1. The number of fused-ring (bicyclic) bond motifs is 2. The van der Waals surface area contributed by atoms with Gasteiger partial charge in [0.15, 0.2) is 11.5 Å². The van der Waals surface area contributed by atoms with Crippen LogP contribution in [-0.2, 0) is 4.74 Å². The Morgan fingerprint density at radius 1 is 1.09 bits per heavy atom. The Balaban J connectivity index is 1.59. The number of rotatable bonds is 4. The van der Waals surface area contributed by atoms with E-state index in [4.69, 9.17) is 9.72 Å². The molecule has 1 aliphatic heterocycles. The molecule has 1 atom stereocenters. The van der Waals surface area contributed by atoms with E-state index in [9.17, 15) is 9.59 Å². The maximum absolute atomic E-state index is 16.3. The Morgan fingerprint density at radius 2 is 1.85 bits per heavy atom. The maximum atomic E-state index is 16.3. The molecule has 0 unspecified atom stereocenters. The number of pyridine rings is 2. The van der Waals surface area contributed by atoms with Crippen molar-refractivity contribution in [3.63, 3.8) is 0 Å². The first kappa shape index (κ1) is 31.5. The molecule has 4 aromatic heterocycles. The van der Waals surface area contributed by atoms with Gasteiger partial charge in [-0.2, -0.15) is 4.98 Å². The molecule has 5 aromatic rings. The Labute approximate surface area is 269 Å². The SMILES string of the molecule is Cc1ccnc(C(C)C)c1-n1c(=O)nc(N2CCN(C(=O)OC(C)(C)C)C[C@@H]2C)c2cc(F)c(-c3c(F)ccc4ccsc34)nc21. The van der Waals surface area contributed by atoms with E-state index in [1.165, 1.54) is 28.0 Å². The van der Waals surface area contributed by atoms with Gasteiger partial charge in [-0.25, -0.2) is 27.9 Å². The van der Waals surface area contributed by atoms with Crippen LogP contribution in [-0.4, -0.2) is 61.8 Å². The third-order valence-electron chi connectivity index (χ3n) is 8.09. The van der Waals surface area contributed by atoms with Crippen molar-refractivity contribution < 1.29 is 18.3 Å². The van der Waals surface area contributed by atoms with Crippen molar-refractivity contribution in [1.82, 2.24) is 24.4 Å². The first-order valence-corrected chi connectivity index (χ1v) is 16.1. The van der Waals surface area contributed by atoms with Crippen molar-refractivity contribution in [1.29, 1.82) is 0 Å². The Hall–Kier alpha value is -4.45. The van der Waals surface area contributed by atoms with Crippen LogP contribution in [0.3, 0.4) is 0 Å². The predicted octanol–water partition coefficient (Wildman–Crippen LogP) is 7.21. The second-order valence-corrected chi connectivity index (χ2v) is 13.9. The van der Waals surface area contributed by atoms with E-state index in [0.29, 0.717) is 35.7 Å². The molecule has 1 aromatic carbocycles. The Bertz CT molecular complexity index is 2050. The van der Waals surface area contributed by atoms with Crippen molar-refractivity contribution in [2.75, 3.05) is 24.5 Å². The van der Waals surface area contributed by atoms with Crippen molar-refractivity contribution in [2.45, 2.75) is 66.0 Å². The van der Waals surface area contributed by atoms with Crippen molar-refractivity contribution in [3.05, 3.63) is 75.3 Å². The maximum Gasteiger partial charge on any atom is 0.410 e. The largest absolute Gasteiger partial charge is 0.444 e. The lowest BCUT2D eigenvalue weighted by Gasteiger charge is -2.41. The number of halogens is 2. The van der Waals surface area contributed by atoms with E-state index in [-0.39, 0.29) is 40.1 Å². The van der Waals surface area contributed by atoms with E-state index in [1.54, 1.807) is 23.2 Å². The number of hydrogen-bond donors (Lipinski definition) is 0. The number of benzene rings is 1. The lowest BCUT2D eigenvalue weighted by Crippen LogP contribution is -2.55. The van der Waals surface area contributed by atoms with Gasteiger partial charge < -0.3 is 14.5 Å². The molecule has 0 saturated carbocycles. The van der Waals surface area contributed by atoms with Gasteiger partial charge in [-0.05, 0) is 81.1 Å². The van der Waals surface area contributed by atoms with Crippen LogP contribution in [0.5, 0.6) is 0 Å². The van der Waals surface area contributed by atoms with Crippen LogP contribution in [0.4, 0.5) is 19.4 Å². The monoisotopic (exact) mass is 646 g/mol. The smallest absolute Gasteiger partial charge is 0.410 e. The molecule has 240 valence electrons. The van der Waals surface area contributed by atoms with Gasteiger partial charge >= 0.3 is 11.8 Å². The molecule has 1 amide bonds. The molecule has 0 spiro atoms. The number of aromatic nitrogens is 4. The third kappa shape index (κ3) is 5.59. The van der Waals surface area contributed by atoms with Crippen LogP contribution in [0.2, 0.25) is 0 Å². The van der Waals surface area contributed by atoms with Gasteiger partial charge in [-0.3, -0.25) is 4.98 Å². The molecular formula is C34H36F2N6O3S. The van der Waals surface area contributed by atoms with Gasteiger partial charge in [-0.15, -0.1) is 11.3 Å². The molecule has 0 radical (unpaired) electrons. The number of carbonyl (C=O) groups is 1. The van der Waals surface area contributed by atoms with Gasteiger partial charge in [0.25, 0.3) is 0 Å². The fourth-order valence-corrected chi connectivity index (χ4v) is 6.91. The van der Waals surface area contributed by atoms with Gasteiger partial charge in [-0.1, -0.05) is 19.9 Å². The number of amides is 1. The van der Waals surface area contributed by atoms with E-state index < -0.39 is 29.0 Å². The van der Waals surface area contributed by atoms with Crippen LogP contribution in [0.25, 0.3) is 38.1 Å². The summed E-state index contributed by atoms with van der Waals surface area (Å²) in [5.74, 6) is -1.17. The molecule has 5 heterocycles. The molecule has 0 N–H and O–H groups in total. The molecule has 1 saturated heterocycles. The molecule has 0 bridgehead atoms. The topological polar surface area (TPSA) is 93.5 Å². The first-order chi connectivity index (χ1) is 21.7. The lowest BCUT2D eigenvalue weighted by molar-refractivity contribution is 0.0218. The van der Waals surface area contributed by atoms with Gasteiger partial charge in [0.05, 0.1) is 22.3 Å². The van der Waals surface area contributed by atoms with Crippen molar-refractivity contribution in [3.8, 4) is 16.9 Å². The Kier molecular flexibility index (Phi) is 8.04. The number of carbonyl (C=O) groups excluding carboxylic acids is 1. The summed E-state index contributed by atoms with van der Waals surface area (Å²) in [5, 5.41) is 2.86. The highest BCUT2D eigenvalue weighted by atomic mass is 32.1. The van der Waals surface area contributed by atoms with E-state index >= 15 is 8.78 Å². The molecule has 0 aliphatic carbocycles. The fourth-order valence-electron chi connectivity index (χ4n) is 5.98. The van der Waals surface area contributed by atoms with E-state index in [2.05, 4.69) is 9.97 Å². The second kappa shape index (κ2) is 11.7. The summed E-state index contributed by atoms with van der Waals surface area (Å²) < 4.78 is 39.3. The number of piperazine rings is 1. The summed E-state index contributed by atoms with van der Waals surface area (Å²) in [6.07, 6.45) is 1.25. The van der Waals surface area contributed by atoms with Gasteiger partial charge in [0.2, 0.25) is 0 Å². The molecular weight excluding hydrogens is 610 g/mol. The number of thiophene rings is 1. The van der Waals surface area contributed by atoms with Crippen LogP contribution in [0.15, 0.2) is 46.7 Å². The normalized spacial score (nSPS) is 15.7. The fraction of sp³-hybridized carbons (Fsp3) is 0.382. The minimum atomic E-state index is -0.743. The van der Waals surface area contributed by atoms with E-state index in [1.807, 2.05) is 64.8 Å². The molecule has 12 heteroatoms. The zero-order valence-corrected chi connectivity index (χ0v) is 27.7. The van der Waals surface area contributed by atoms with Gasteiger partial charge in [0.1, 0.15) is 22.9 Å². The minimum absolute atomic E-state index is 0.0376. The second-order valence-electron chi connectivity index (χ2n) is 13.0. The average Bonchev–Trinajstić information content (AvgIpc) is 3.45. The summed E-state index contributed by atoms with van der Waals surface area (Å²) in [5.41, 5.74) is 0.629. The molecule has 46 heavy (non-hydrogen) atoms. The number of nitrogens with zero attached hydrogens (tertiary/aromatic N) is 6. The quantitative estimate of drug-likeness (QED) is 0.204. The number of hydrogen-bond acceptors (Lipinski definition) is 8. The van der Waals surface area contributed by atoms with Crippen LogP contribution >= 0.6 is 11.3 Å². The number of ether oxygens (including phenoxy) is 1. The predicted molar refractivity (Wildman–Crippen MR) is 177 cm³/mol. The Morgan fingerprint density at radius 3 is 2.54 bits per heavy atom. The summed E-state index contributed by atoms with van der Waals surface area (Å²) >= 11 is 1.29. The molecule has 9 nitrogen and oxygen atoms in total. The van der Waals surface area contributed by atoms with Crippen LogP contribution in [0, 0.1) is 18.6 Å². The first-order valence-electron chi connectivity index (χ1n) is 15.2. The lowest BCUT2D eigenvalue weighted by atomic mass is 10.0. The molecule has 1 fully saturated rings. The highest BCUT2D eigenvalue weighted by Gasteiger charge is 2.33. The third-order valence-corrected chi connectivity index (χ3v) is 9.03. The average molecular weight is 647 g/mol. The highest BCUT2D eigenvalue weighted by molar-refractivity contribution is 7.17. The standard InChI is InChI=1S/C34H36F2N6O3S/c1-18(2)26-28(19(3)10-12-37-26)42-31-22(16-24(36)27(38-31)25-23(35)9-8-21-11-15-46-29(21)25)30(39-32(42)43)41-14-13-40(17-20(41)4)33(44)45-34(5,6)7/h8-12,15-16,18,20H,13-14,17H2,1-7H3/t20-/m0/s1. The van der Waals surface area contributed by atoms with Crippen molar-refractivity contribution in [2.24, 2.45) is 0 Å². The zero-order chi connectivity index (χ0) is 33.1. The summed E-state index contributed by atoms with van der Waals surface area (Å²) in [4.78, 5) is 44.3. The number of anilines is 1. The summed E-state index contributed by atoms with van der Waals surface area (Å²) in [7, 11) is 0. The summed E-state index contributed by atoms with van der Waals surface area (Å²) in [6, 6.07) is 7.57. The number of aryl methyl sites for hydroxylation is 1. The van der Waals surface area contributed by atoms with E-state index in [0.717, 1.165) is 10.9 Å². The van der Waals surface area contributed by atoms with Crippen LogP contribution in [0.1, 0.15) is 58.7 Å². The zero-order valence-electron chi connectivity index (χ0n) is 26.9. The van der Waals surface area contributed by atoms with Crippen LogP contribution < -0.4 is 10.6 Å². The van der Waals surface area contributed by atoms with Crippen molar-refractivity contribution >= 4 is 44.4 Å². The minimum Gasteiger partial charge on any atom is -0.444 e. The molecule has 1 aliphatic rings. The highest BCUT2D eigenvalue weighted by Crippen LogP contribution is 2.38.